The summed E-state index contributed by atoms with van der Waals surface area (Å²) in [7, 11) is 0. The number of hydrogen-bond acceptors (Lipinski definition) is 6. The van der Waals surface area contributed by atoms with Crippen LogP contribution in [-0.2, 0) is 14.3 Å². The molecule has 0 spiro atoms. The SMILES string of the molecule is O=C(COC(=O)COc1ccc(C2SCCCS2)cc1)Nc1cc(Cl)ccc1Cl. The first-order valence-corrected chi connectivity index (χ1v) is 11.7. The highest BCUT2D eigenvalue weighted by Crippen LogP contribution is 2.43. The quantitative estimate of drug-likeness (QED) is 0.543. The normalized spacial score (nSPS) is 14.3. The van der Waals surface area contributed by atoms with E-state index in [1.807, 2.05) is 47.8 Å². The number of thioether (sulfide) groups is 2. The van der Waals surface area contributed by atoms with Crippen molar-refractivity contribution < 1.29 is 19.1 Å². The predicted octanol–water partition coefficient (Wildman–Crippen LogP) is 5.42. The topological polar surface area (TPSA) is 64.6 Å². The fraction of sp³-hybridized carbons (Fsp3) is 0.300. The van der Waals surface area contributed by atoms with E-state index >= 15 is 0 Å². The van der Waals surface area contributed by atoms with Gasteiger partial charge in [0.25, 0.3) is 5.91 Å². The van der Waals surface area contributed by atoms with Gasteiger partial charge in [-0.1, -0.05) is 35.3 Å². The maximum absolute atomic E-state index is 11.9. The van der Waals surface area contributed by atoms with Crippen LogP contribution in [0, 0.1) is 0 Å². The molecule has 0 aromatic heterocycles. The molecule has 0 aliphatic carbocycles. The van der Waals surface area contributed by atoms with E-state index in [0.717, 1.165) is 0 Å². The first-order valence-electron chi connectivity index (χ1n) is 8.88. The van der Waals surface area contributed by atoms with E-state index in [9.17, 15) is 9.59 Å². The molecule has 1 amide bonds. The lowest BCUT2D eigenvalue weighted by Gasteiger charge is -2.21. The molecule has 1 N–H and O–H groups in total. The van der Waals surface area contributed by atoms with Gasteiger partial charge in [0, 0.05) is 5.02 Å². The second kappa shape index (κ2) is 11.0. The Bertz CT molecular complexity index is 858. The number of carbonyl (C=O) groups is 2. The Morgan fingerprint density at radius 1 is 1.03 bits per heavy atom. The smallest absolute Gasteiger partial charge is 0.344 e. The molecule has 154 valence electrons. The summed E-state index contributed by atoms with van der Waals surface area (Å²) in [5, 5.41) is 3.31. The van der Waals surface area contributed by atoms with E-state index in [2.05, 4.69) is 5.32 Å². The molecule has 0 atom stereocenters. The highest BCUT2D eigenvalue weighted by molar-refractivity contribution is 8.16. The van der Waals surface area contributed by atoms with Crippen molar-refractivity contribution in [3.8, 4) is 5.75 Å². The zero-order valence-electron chi connectivity index (χ0n) is 15.4. The summed E-state index contributed by atoms with van der Waals surface area (Å²) in [5.74, 6) is 1.78. The number of benzene rings is 2. The van der Waals surface area contributed by atoms with Crippen LogP contribution in [-0.4, -0.2) is 36.6 Å². The molecule has 9 heteroatoms. The summed E-state index contributed by atoms with van der Waals surface area (Å²) >= 11 is 15.7. The van der Waals surface area contributed by atoms with Crippen LogP contribution in [0.5, 0.6) is 5.75 Å². The Morgan fingerprint density at radius 2 is 1.76 bits per heavy atom. The molecule has 1 fully saturated rings. The molecule has 1 saturated heterocycles. The Morgan fingerprint density at radius 3 is 2.48 bits per heavy atom. The van der Waals surface area contributed by atoms with Gasteiger partial charge < -0.3 is 14.8 Å². The summed E-state index contributed by atoms with van der Waals surface area (Å²) in [4.78, 5) is 23.7. The number of ether oxygens (including phenoxy) is 2. The number of halogens is 2. The highest BCUT2D eigenvalue weighted by atomic mass is 35.5. The maximum Gasteiger partial charge on any atom is 0.344 e. The maximum atomic E-state index is 11.9. The van der Waals surface area contributed by atoms with Gasteiger partial charge in [0.2, 0.25) is 0 Å². The van der Waals surface area contributed by atoms with E-state index < -0.39 is 18.5 Å². The number of anilines is 1. The van der Waals surface area contributed by atoms with E-state index in [4.69, 9.17) is 32.7 Å². The molecule has 1 aliphatic rings. The van der Waals surface area contributed by atoms with Crippen molar-refractivity contribution in [1.29, 1.82) is 0 Å². The van der Waals surface area contributed by atoms with Crippen molar-refractivity contribution in [2.45, 2.75) is 11.0 Å². The zero-order chi connectivity index (χ0) is 20.6. The van der Waals surface area contributed by atoms with Gasteiger partial charge in [0.15, 0.2) is 13.2 Å². The minimum atomic E-state index is -0.639. The highest BCUT2D eigenvalue weighted by Gasteiger charge is 2.16. The Balaban J connectivity index is 1.40. The minimum Gasteiger partial charge on any atom is -0.482 e. The second-order valence-electron chi connectivity index (χ2n) is 6.12. The van der Waals surface area contributed by atoms with Crippen LogP contribution in [0.1, 0.15) is 16.6 Å². The molecule has 2 aromatic rings. The number of nitrogens with one attached hydrogen (secondary N) is 1. The summed E-state index contributed by atoms with van der Waals surface area (Å²) in [6.45, 7) is -0.725. The third-order valence-corrected chi connectivity index (χ3v) is 7.48. The molecule has 0 unspecified atom stereocenters. The van der Waals surface area contributed by atoms with Crippen molar-refractivity contribution >= 4 is 64.3 Å². The largest absolute Gasteiger partial charge is 0.482 e. The molecule has 0 bridgehead atoms. The van der Waals surface area contributed by atoms with Crippen LogP contribution in [0.4, 0.5) is 5.69 Å². The van der Waals surface area contributed by atoms with Gasteiger partial charge in [0.1, 0.15) is 5.75 Å². The molecular formula is C20H19Cl2NO4S2. The number of esters is 1. The van der Waals surface area contributed by atoms with Gasteiger partial charge in [-0.25, -0.2) is 4.79 Å². The molecule has 1 heterocycles. The summed E-state index contributed by atoms with van der Waals surface area (Å²) < 4.78 is 10.8. The summed E-state index contributed by atoms with van der Waals surface area (Å²) in [6.07, 6.45) is 1.25. The third kappa shape index (κ3) is 7.03. The van der Waals surface area contributed by atoms with Crippen LogP contribution < -0.4 is 10.1 Å². The lowest BCUT2D eigenvalue weighted by atomic mass is 10.2. The summed E-state index contributed by atoms with van der Waals surface area (Å²) in [6, 6.07) is 12.4. The van der Waals surface area contributed by atoms with Gasteiger partial charge in [0.05, 0.1) is 15.3 Å². The standard InChI is InChI=1S/C20H19Cl2NO4S2/c21-14-4-7-16(22)17(10-14)23-18(24)11-27-19(25)12-26-15-5-2-13(3-6-15)20-28-8-1-9-29-20/h2-7,10,20H,1,8-9,11-12H2,(H,23,24). The van der Waals surface area contributed by atoms with E-state index in [0.29, 0.717) is 26.1 Å². The Hall–Kier alpha value is -1.54. The second-order valence-corrected chi connectivity index (χ2v) is 9.69. The van der Waals surface area contributed by atoms with Crippen LogP contribution in [0.3, 0.4) is 0 Å². The molecule has 29 heavy (non-hydrogen) atoms. The van der Waals surface area contributed by atoms with Crippen molar-refractivity contribution in [3.05, 3.63) is 58.1 Å². The van der Waals surface area contributed by atoms with Crippen molar-refractivity contribution in [2.75, 3.05) is 30.0 Å². The van der Waals surface area contributed by atoms with Gasteiger partial charge in [-0.15, -0.1) is 23.5 Å². The molecular weight excluding hydrogens is 453 g/mol. The molecule has 5 nitrogen and oxygen atoms in total. The zero-order valence-corrected chi connectivity index (χ0v) is 18.5. The molecule has 0 radical (unpaired) electrons. The molecule has 2 aromatic carbocycles. The minimum absolute atomic E-state index is 0.280. The number of hydrogen-bond donors (Lipinski definition) is 1. The van der Waals surface area contributed by atoms with Crippen LogP contribution >= 0.6 is 46.7 Å². The van der Waals surface area contributed by atoms with Gasteiger partial charge in [-0.05, 0) is 53.8 Å². The summed E-state index contributed by atoms with van der Waals surface area (Å²) in [5.41, 5.74) is 1.59. The fourth-order valence-electron chi connectivity index (χ4n) is 2.51. The van der Waals surface area contributed by atoms with E-state index in [-0.39, 0.29) is 6.61 Å². The van der Waals surface area contributed by atoms with Crippen molar-refractivity contribution in [3.63, 3.8) is 0 Å². The average molecular weight is 472 g/mol. The number of rotatable bonds is 7. The first kappa shape index (κ1) is 22.2. The Kier molecular flexibility index (Phi) is 8.41. The van der Waals surface area contributed by atoms with Crippen molar-refractivity contribution in [1.82, 2.24) is 0 Å². The number of amides is 1. The molecule has 3 rings (SSSR count). The predicted molar refractivity (Wildman–Crippen MR) is 120 cm³/mol. The average Bonchev–Trinajstić information content (AvgIpc) is 2.74. The van der Waals surface area contributed by atoms with Gasteiger partial charge in [-0.3, -0.25) is 4.79 Å². The fourth-order valence-corrected chi connectivity index (χ4v) is 5.74. The van der Waals surface area contributed by atoms with Crippen LogP contribution in [0.25, 0.3) is 0 Å². The van der Waals surface area contributed by atoms with E-state index in [1.54, 1.807) is 12.1 Å². The van der Waals surface area contributed by atoms with Gasteiger partial charge in [-0.2, -0.15) is 0 Å². The van der Waals surface area contributed by atoms with Crippen LogP contribution in [0.2, 0.25) is 10.0 Å². The Labute approximate surface area is 187 Å². The van der Waals surface area contributed by atoms with Crippen LogP contribution in [0.15, 0.2) is 42.5 Å². The number of carbonyl (C=O) groups excluding carboxylic acids is 2. The van der Waals surface area contributed by atoms with Crippen molar-refractivity contribution in [2.24, 2.45) is 0 Å². The third-order valence-electron chi connectivity index (χ3n) is 3.90. The van der Waals surface area contributed by atoms with E-state index in [1.165, 1.54) is 29.6 Å². The molecule has 0 saturated carbocycles. The lowest BCUT2D eigenvalue weighted by Crippen LogP contribution is -2.23. The monoisotopic (exact) mass is 471 g/mol. The van der Waals surface area contributed by atoms with Gasteiger partial charge >= 0.3 is 5.97 Å². The first-order chi connectivity index (χ1) is 14.0. The lowest BCUT2D eigenvalue weighted by molar-refractivity contribution is -0.149. The molecule has 1 aliphatic heterocycles.